The van der Waals surface area contributed by atoms with Gasteiger partial charge in [0.05, 0.1) is 11.5 Å². The molecule has 3 rings (SSSR count). The van der Waals surface area contributed by atoms with Gasteiger partial charge in [-0.3, -0.25) is 19.3 Å². The summed E-state index contributed by atoms with van der Waals surface area (Å²) < 4.78 is 50.5. The van der Waals surface area contributed by atoms with E-state index in [4.69, 9.17) is 9.47 Å². The van der Waals surface area contributed by atoms with Crippen LogP contribution in [0.4, 0.5) is 18.0 Å². The summed E-state index contributed by atoms with van der Waals surface area (Å²) in [4.78, 5) is 60.5. The van der Waals surface area contributed by atoms with Gasteiger partial charge in [0, 0.05) is 13.1 Å². The molecule has 0 unspecified atom stereocenters. The van der Waals surface area contributed by atoms with Crippen molar-refractivity contribution in [1.82, 2.24) is 19.8 Å². The van der Waals surface area contributed by atoms with Crippen LogP contribution in [-0.4, -0.2) is 63.5 Å². The molecule has 2 aromatic rings. The zero-order valence-corrected chi connectivity index (χ0v) is 22.8. The summed E-state index contributed by atoms with van der Waals surface area (Å²) in [6, 6.07) is 8.16. The van der Waals surface area contributed by atoms with Crippen molar-refractivity contribution in [2.75, 3.05) is 19.6 Å². The van der Waals surface area contributed by atoms with Crippen molar-refractivity contribution in [3.05, 3.63) is 57.8 Å². The fourth-order valence-electron chi connectivity index (χ4n) is 4.08. The second-order valence-electron chi connectivity index (χ2n) is 10.5. The molecule has 40 heavy (non-hydrogen) atoms. The van der Waals surface area contributed by atoms with Gasteiger partial charge in [-0.1, -0.05) is 37.3 Å². The second kappa shape index (κ2) is 12.5. The van der Waals surface area contributed by atoms with Gasteiger partial charge in [0.1, 0.15) is 19.0 Å². The number of esters is 1. The Balaban J connectivity index is 1.99. The molecule has 1 aromatic heterocycles. The Morgan fingerprint density at radius 3 is 2.42 bits per heavy atom. The first-order chi connectivity index (χ1) is 18.7. The predicted molar refractivity (Wildman–Crippen MR) is 138 cm³/mol. The first-order valence-electron chi connectivity index (χ1n) is 12.9. The van der Waals surface area contributed by atoms with Gasteiger partial charge in [-0.05, 0) is 45.6 Å². The lowest BCUT2D eigenvalue weighted by atomic mass is 9.97. The number of amides is 2. The highest BCUT2D eigenvalue weighted by molar-refractivity contribution is 5.96. The fraction of sp³-hybridized carbons (Fsp3) is 0.519. The maximum Gasteiger partial charge on any atom is 0.410 e. The first-order valence-corrected chi connectivity index (χ1v) is 12.9. The van der Waals surface area contributed by atoms with Crippen LogP contribution >= 0.6 is 0 Å². The molecule has 1 saturated heterocycles. The minimum Gasteiger partial charge on any atom is -0.445 e. The number of halogens is 3. The number of aromatic nitrogens is 2. The summed E-state index contributed by atoms with van der Waals surface area (Å²) in [5, 5.41) is 0. The van der Waals surface area contributed by atoms with Crippen molar-refractivity contribution in [3.63, 3.8) is 0 Å². The lowest BCUT2D eigenvalue weighted by Crippen LogP contribution is -2.41. The Kier molecular flexibility index (Phi) is 9.59. The lowest BCUT2D eigenvalue weighted by molar-refractivity contribution is -0.143. The summed E-state index contributed by atoms with van der Waals surface area (Å²) in [5.74, 6) is -3.03. The van der Waals surface area contributed by atoms with Gasteiger partial charge in [0.2, 0.25) is 5.75 Å². The third-order valence-electron chi connectivity index (χ3n) is 6.06. The van der Waals surface area contributed by atoms with Crippen molar-refractivity contribution in [3.8, 4) is 5.75 Å². The monoisotopic (exact) mass is 566 g/mol. The minimum atomic E-state index is -4.72. The number of hydrogen-bond acceptors (Lipinski definition) is 7. The van der Waals surface area contributed by atoms with Crippen molar-refractivity contribution < 1.29 is 37.0 Å². The molecule has 0 radical (unpaired) electrons. The molecule has 1 aromatic carbocycles. The molecule has 2 heterocycles. The number of nitrogens with zero attached hydrogens (tertiary/aromatic N) is 3. The molecule has 1 atom stereocenters. The van der Waals surface area contributed by atoms with Crippen molar-refractivity contribution >= 4 is 18.0 Å². The number of likely N-dealkylation sites (tertiary alicyclic amines) is 1. The van der Waals surface area contributed by atoms with Crippen LogP contribution in [0.2, 0.25) is 0 Å². The largest absolute Gasteiger partial charge is 0.445 e. The SMILES string of the molecule is CCCN(CC(F)(F)F)C(=O)c1nc([C@@H]2CCCN2C(=O)OCc2ccccc2)[nH]c(=O)c1OC(=O)C(C)(C)C. The topological polar surface area (TPSA) is 122 Å². The first kappa shape index (κ1) is 30.6. The summed E-state index contributed by atoms with van der Waals surface area (Å²) in [6.45, 7) is 4.52. The molecular formula is C27H33F3N4O6. The van der Waals surface area contributed by atoms with Gasteiger partial charge in [0.25, 0.3) is 11.5 Å². The molecular weight excluding hydrogens is 533 g/mol. The zero-order chi connectivity index (χ0) is 29.7. The third-order valence-corrected chi connectivity index (χ3v) is 6.06. The van der Waals surface area contributed by atoms with E-state index >= 15 is 0 Å². The number of rotatable bonds is 8. The van der Waals surface area contributed by atoms with E-state index in [2.05, 4.69) is 9.97 Å². The quantitative estimate of drug-likeness (QED) is 0.463. The molecule has 10 nitrogen and oxygen atoms in total. The molecule has 0 bridgehead atoms. The van der Waals surface area contributed by atoms with E-state index in [0.717, 1.165) is 5.56 Å². The van der Waals surface area contributed by atoms with Crippen molar-refractivity contribution in [1.29, 1.82) is 0 Å². The third kappa shape index (κ3) is 7.82. The van der Waals surface area contributed by atoms with Gasteiger partial charge in [-0.15, -0.1) is 0 Å². The number of benzene rings is 1. The van der Waals surface area contributed by atoms with E-state index in [1.54, 1.807) is 31.2 Å². The van der Waals surface area contributed by atoms with E-state index in [1.807, 2.05) is 6.07 Å². The fourth-order valence-corrected chi connectivity index (χ4v) is 4.08. The molecule has 218 valence electrons. The standard InChI is InChI=1S/C27H33F3N4O6/c1-5-13-33(16-27(28,29)30)23(36)19-20(40-24(37)26(2,3)4)22(35)32-21(31-19)18-12-9-14-34(18)25(38)39-15-17-10-7-6-8-11-17/h6-8,10-11,18H,5,9,12-16H2,1-4H3,(H,31,32,35)/t18-/m0/s1. The summed E-state index contributed by atoms with van der Waals surface area (Å²) >= 11 is 0. The Labute approximate surface area is 229 Å². The molecule has 1 aliphatic rings. The van der Waals surface area contributed by atoms with Crippen molar-refractivity contribution in [2.24, 2.45) is 5.41 Å². The number of alkyl halides is 3. The Morgan fingerprint density at radius 2 is 1.82 bits per heavy atom. The molecule has 1 aliphatic heterocycles. The predicted octanol–water partition coefficient (Wildman–Crippen LogP) is 4.61. The van der Waals surface area contributed by atoms with Crippen LogP contribution in [0.3, 0.4) is 0 Å². The van der Waals surface area contributed by atoms with E-state index in [9.17, 15) is 32.3 Å². The zero-order valence-electron chi connectivity index (χ0n) is 22.8. The summed E-state index contributed by atoms with van der Waals surface area (Å²) in [5.41, 5.74) is -2.10. The highest BCUT2D eigenvalue weighted by atomic mass is 19.4. The van der Waals surface area contributed by atoms with E-state index < -0.39 is 59.2 Å². The highest BCUT2D eigenvalue weighted by Crippen LogP contribution is 2.32. The van der Waals surface area contributed by atoms with E-state index in [-0.39, 0.29) is 31.9 Å². The molecule has 0 spiro atoms. The number of carbonyl (C=O) groups excluding carboxylic acids is 3. The Morgan fingerprint density at radius 1 is 1.15 bits per heavy atom. The highest BCUT2D eigenvalue weighted by Gasteiger charge is 2.38. The van der Waals surface area contributed by atoms with Crippen LogP contribution in [0.15, 0.2) is 35.1 Å². The number of aromatic amines is 1. The molecule has 1 fully saturated rings. The number of hydrogen-bond donors (Lipinski definition) is 1. The van der Waals surface area contributed by atoms with Crippen LogP contribution in [0.5, 0.6) is 5.75 Å². The van der Waals surface area contributed by atoms with Crippen molar-refractivity contribution in [2.45, 2.75) is 65.8 Å². The number of H-pyrrole nitrogens is 1. The number of ether oxygens (including phenoxy) is 2. The van der Waals surface area contributed by atoms with Crippen LogP contribution in [-0.2, 0) is 16.1 Å². The molecule has 1 N–H and O–H groups in total. The Bertz CT molecular complexity index is 1270. The van der Waals surface area contributed by atoms with Crippen LogP contribution < -0.4 is 10.3 Å². The average molecular weight is 567 g/mol. The smallest absolute Gasteiger partial charge is 0.410 e. The Hall–Kier alpha value is -3.90. The van der Waals surface area contributed by atoms with E-state index in [0.29, 0.717) is 17.7 Å². The van der Waals surface area contributed by atoms with E-state index in [1.165, 1.54) is 25.7 Å². The summed E-state index contributed by atoms with van der Waals surface area (Å²) in [6.07, 6.45) is -4.34. The van der Waals surface area contributed by atoms with Crippen LogP contribution in [0.1, 0.15) is 74.9 Å². The van der Waals surface area contributed by atoms with Gasteiger partial charge in [0.15, 0.2) is 5.69 Å². The lowest BCUT2D eigenvalue weighted by Gasteiger charge is -2.26. The van der Waals surface area contributed by atoms with Gasteiger partial charge in [-0.2, -0.15) is 13.2 Å². The van der Waals surface area contributed by atoms with Gasteiger partial charge < -0.3 is 19.4 Å². The number of nitrogens with one attached hydrogen (secondary N) is 1. The maximum absolute atomic E-state index is 13.4. The second-order valence-corrected chi connectivity index (χ2v) is 10.5. The average Bonchev–Trinajstić information content (AvgIpc) is 3.37. The minimum absolute atomic E-state index is 0.00168. The van der Waals surface area contributed by atoms with Gasteiger partial charge in [-0.25, -0.2) is 9.78 Å². The number of carbonyl (C=O) groups is 3. The van der Waals surface area contributed by atoms with Gasteiger partial charge >= 0.3 is 18.2 Å². The molecule has 0 aliphatic carbocycles. The maximum atomic E-state index is 13.4. The molecule has 13 heteroatoms. The van der Waals surface area contributed by atoms with Crippen LogP contribution in [0.25, 0.3) is 0 Å². The normalized spacial score (nSPS) is 15.6. The van der Waals surface area contributed by atoms with Crippen LogP contribution in [0, 0.1) is 5.41 Å². The molecule has 0 saturated carbocycles. The summed E-state index contributed by atoms with van der Waals surface area (Å²) in [7, 11) is 0. The molecule has 2 amide bonds.